The summed E-state index contributed by atoms with van der Waals surface area (Å²) in [5.74, 6) is 4.33. The van der Waals surface area contributed by atoms with Crippen LogP contribution in [-0.4, -0.2) is 33.3 Å². The molecule has 2 heterocycles. The molecule has 0 bridgehead atoms. The van der Waals surface area contributed by atoms with E-state index in [1.165, 1.54) is 54.6 Å². The number of aromatic nitrogens is 1. The Kier molecular flexibility index (Phi) is 6.18. The molecule has 0 N–H and O–H groups in total. The Balaban J connectivity index is 2.08. The van der Waals surface area contributed by atoms with Crippen molar-refractivity contribution in [3.8, 4) is 11.3 Å². The van der Waals surface area contributed by atoms with Gasteiger partial charge in [0, 0.05) is 11.1 Å². The Morgan fingerprint density at radius 2 is 1.36 bits per heavy atom. The van der Waals surface area contributed by atoms with Crippen LogP contribution in [0.15, 0.2) is 76.8 Å². The van der Waals surface area contributed by atoms with Gasteiger partial charge >= 0.3 is 0 Å². The molecule has 1 aliphatic rings. The van der Waals surface area contributed by atoms with Gasteiger partial charge in [0.15, 0.2) is 0 Å². The fourth-order valence-electron chi connectivity index (χ4n) is 3.34. The molecule has 0 fully saturated rings. The van der Waals surface area contributed by atoms with Gasteiger partial charge in [-0.2, -0.15) is 0 Å². The zero-order chi connectivity index (χ0) is 23.5. The second-order valence-electron chi connectivity index (χ2n) is 6.91. The van der Waals surface area contributed by atoms with E-state index >= 15 is 0 Å². The van der Waals surface area contributed by atoms with Gasteiger partial charge in [0.2, 0.25) is 0 Å². The van der Waals surface area contributed by atoms with Gasteiger partial charge < -0.3 is 0 Å². The van der Waals surface area contributed by atoms with Crippen molar-refractivity contribution in [2.45, 2.75) is 4.83 Å². The van der Waals surface area contributed by atoms with Crippen molar-refractivity contribution in [1.82, 2.24) is 4.98 Å². The highest BCUT2D eigenvalue weighted by Crippen LogP contribution is 2.33. The predicted octanol–water partition coefficient (Wildman–Crippen LogP) is 2.42. The fraction of sp³-hybridized carbons (Fsp3) is 0.0400. The number of allylic oxidation sites excluding steroid dienone is 1. The molecule has 0 saturated heterocycles. The summed E-state index contributed by atoms with van der Waals surface area (Å²) in [4.78, 5) is 43.2. The minimum atomic E-state index is -0.932. The molecule has 8 heteroatoms. The zero-order valence-electron chi connectivity index (χ0n) is 16.6. The van der Waals surface area contributed by atoms with Crippen LogP contribution in [0.4, 0.5) is 8.78 Å². The summed E-state index contributed by atoms with van der Waals surface area (Å²) in [5, 5.41) is 0.164. The molecule has 0 aliphatic carbocycles. The SMILES string of the molecule is O=C=C1C(=C=O)C(Br)C(=c2nc(-c3ccc(F)cc3)ccc2=C=O)N=C1c1ccc(F)cc1. The molecule has 0 saturated carbocycles. The molecule has 1 atom stereocenters. The van der Waals surface area contributed by atoms with E-state index in [9.17, 15) is 23.2 Å². The number of hydrogen-bond donors (Lipinski definition) is 0. The Labute approximate surface area is 193 Å². The zero-order valence-corrected chi connectivity index (χ0v) is 18.2. The summed E-state index contributed by atoms with van der Waals surface area (Å²) >= 11 is 3.34. The van der Waals surface area contributed by atoms with Gasteiger partial charge in [-0.3, -0.25) is 0 Å². The standard InChI is InChI=1S/C25H11BrF2N2O3/c26-22-19(12-32)20(13-33)23(15-3-8-18(28)9-4-15)30-25(22)24-16(11-31)5-10-21(29-24)14-1-6-17(27)7-2-14/h1-10,22H. The van der Waals surface area contributed by atoms with Gasteiger partial charge in [0.1, 0.15) is 40.4 Å². The van der Waals surface area contributed by atoms with Crippen molar-refractivity contribution in [2.24, 2.45) is 4.99 Å². The normalized spacial score (nSPS) is 17.1. The molecule has 160 valence electrons. The van der Waals surface area contributed by atoms with Crippen LogP contribution < -0.4 is 10.6 Å². The number of alkyl halides is 1. The highest BCUT2D eigenvalue weighted by atomic mass is 79.9. The number of carbonyl (C=O) groups excluding carboxylic acids is 3. The predicted molar refractivity (Wildman–Crippen MR) is 121 cm³/mol. The lowest BCUT2D eigenvalue weighted by atomic mass is 9.91. The fourth-order valence-corrected chi connectivity index (χ4v) is 3.98. The molecule has 0 spiro atoms. The lowest BCUT2D eigenvalue weighted by Gasteiger charge is -2.21. The van der Waals surface area contributed by atoms with E-state index in [0.717, 1.165) is 0 Å². The van der Waals surface area contributed by atoms with Gasteiger partial charge in [-0.1, -0.05) is 15.9 Å². The van der Waals surface area contributed by atoms with Crippen molar-refractivity contribution >= 4 is 45.2 Å². The molecule has 1 aromatic heterocycles. The Hall–Kier alpha value is -4.05. The summed E-state index contributed by atoms with van der Waals surface area (Å²) in [5.41, 5.74) is 1.32. The van der Waals surface area contributed by atoms with Crippen molar-refractivity contribution < 1.29 is 23.2 Å². The first-order valence-corrected chi connectivity index (χ1v) is 10.4. The maximum Gasteiger partial charge on any atom is 0.135 e. The van der Waals surface area contributed by atoms with Gasteiger partial charge in [0.25, 0.3) is 0 Å². The highest BCUT2D eigenvalue weighted by Gasteiger charge is 2.32. The molecule has 2 aromatic carbocycles. The number of pyridine rings is 1. The molecule has 4 rings (SSSR count). The third-order valence-electron chi connectivity index (χ3n) is 4.95. The topological polar surface area (TPSA) is 76.5 Å². The Morgan fingerprint density at radius 3 is 1.91 bits per heavy atom. The van der Waals surface area contributed by atoms with Crippen molar-refractivity contribution in [2.75, 3.05) is 0 Å². The van der Waals surface area contributed by atoms with Crippen LogP contribution in [-0.2, 0) is 14.4 Å². The Bertz CT molecular complexity index is 1540. The summed E-state index contributed by atoms with van der Waals surface area (Å²) in [6, 6.07) is 13.8. The minimum Gasteiger partial charge on any atom is -0.247 e. The van der Waals surface area contributed by atoms with Crippen molar-refractivity contribution in [1.29, 1.82) is 0 Å². The largest absolute Gasteiger partial charge is 0.247 e. The molecule has 1 aliphatic heterocycles. The monoisotopic (exact) mass is 504 g/mol. The maximum absolute atomic E-state index is 13.4. The molecule has 0 radical (unpaired) electrons. The number of nitrogens with zero attached hydrogens (tertiary/aromatic N) is 2. The number of aliphatic imine (C=N–C) groups is 1. The van der Waals surface area contributed by atoms with Crippen LogP contribution in [0.5, 0.6) is 0 Å². The summed E-state index contributed by atoms with van der Waals surface area (Å²) in [6.07, 6.45) is 0. The van der Waals surface area contributed by atoms with E-state index in [2.05, 4.69) is 25.9 Å². The van der Waals surface area contributed by atoms with Gasteiger partial charge in [-0.25, -0.2) is 33.1 Å². The molecule has 33 heavy (non-hydrogen) atoms. The summed E-state index contributed by atoms with van der Waals surface area (Å²) in [7, 11) is 0. The second-order valence-corrected chi connectivity index (χ2v) is 7.83. The molecular weight excluding hydrogens is 494 g/mol. The van der Waals surface area contributed by atoms with Crippen LogP contribution >= 0.6 is 15.9 Å². The van der Waals surface area contributed by atoms with Crippen LogP contribution in [0.25, 0.3) is 17.0 Å². The smallest absolute Gasteiger partial charge is 0.135 e. The third kappa shape index (κ3) is 4.20. The van der Waals surface area contributed by atoms with E-state index in [1.54, 1.807) is 23.9 Å². The van der Waals surface area contributed by atoms with Crippen molar-refractivity contribution in [3.63, 3.8) is 0 Å². The third-order valence-corrected chi connectivity index (χ3v) is 5.84. The number of rotatable bonds is 2. The van der Waals surface area contributed by atoms with E-state index in [-0.39, 0.29) is 33.1 Å². The average molecular weight is 505 g/mol. The number of hydrogen-bond acceptors (Lipinski definition) is 5. The molecule has 3 aromatic rings. The van der Waals surface area contributed by atoms with Crippen LogP contribution in [0, 0.1) is 11.6 Å². The van der Waals surface area contributed by atoms with Crippen LogP contribution in [0.1, 0.15) is 5.56 Å². The molecule has 5 nitrogen and oxygen atoms in total. The van der Waals surface area contributed by atoms with Gasteiger partial charge in [0.05, 0.1) is 32.7 Å². The number of benzene rings is 2. The number of halogens is 3. The summed E-state index contributed by atoms with van der Waals surface area (Å²) in [6.45, 7) is 0. The van der Waals surface area contributed by atoms with Gasteiger partial charge in [-0.05, 0) is 60.7 Å². The summed E-state index contributed by atoms with van der Waals surface area (Å²) < 4.78 is 26.8. The Morgan fingerprint density at radius 1 is 0.758 bits per heavy atom. The lowest BCUT2D eigenvalue weighted by Crippen LogP contribution is -2.36. The van der Waals surface area contributed by atoms with E-state index in [0.29, 0.717) is 16.8 Å². The molecule has 0 amide bonds. The van der Waals surface area contributed by atoms with Gasteiger partial charge in [-0.15, -0.1) is 0 Å². The minimum absolute atomic E-state index is 0.0554. The first kappa shape index (κ1) is 22.2. The van der Waals surface area contributed by atoms with Crippen LogP contribution in [0.2, 0.25) is 0 Å². The van der Waals surface area contributed by atoms with E-state index in [4.69, 9.17) is 0 Å². The second kappa shape index (κ2) is 9.21. The molecule has 1 unspecified atom stereocenters. The van der Waals surface area contributed by atoms with Crippen LogP contribution in [0.3, 0.4) is 0 Å². The lowest BCUT2D eigenvalue weighted by molar-refractivity contribution is 0.564. The average Bonchev–Trinajstić information content (AvgIpc) is 2.84. The first-order chi connectivity index (χ1) is 16.0. The first-order valence-electron chi connectivity index (χ1n) is 9.48. The quantitative estimate of drug-likeness (QED) is 0.396. The highest BCUT2D eigenvalue weighted by molar-refractivity contribution is 9.10. The van der Waals surface area contributed by atoms with E-state index in [1.807, 2.05) is 0 Å². The van der Waals surface area contributed by atoms with Crippen molar-refractivity contribution in [3.05, 3.63) is 99.6 Å². The maximum atomic E-state index is 13.4. The molecular formula is C25H11BrF2N2O3. The van der Waals surface area contributed by atoms with E-state index < -0.39 is 16.5 Å².